The van der Waals surface area contributed by atoms with Crippen molar-refractivity contribution in [2.75, 3.05) is 26.2 Å². The van der Waals surface area contributed by atoms with Gasteiger partial charge in [-0.2, -0.15) is 9.29 Å². The second-order valence-corrected chi connectivity index (χ2v) is 10.5. The Bertz CT molecular complexity index is 1350. The molecule has 0 saturated carbocycles. The molecule has 0 spiro atoms. The molecule has 1 saturated heterocycles. The molecule has 174 valence electrons. The fraction of sp³-hybridized carbons (Fsp3) is 0.192. The van der Waals surface area contributed by atoms with Crippen molar-refractivity contribution in [3.63, 3.8) is 0 Å². The molecule has 5 rings (SSSR count). The summed E-state index contributed by atoms with van der Waals surface area (Å²) in [6, 6.07) is 26.4. The largest absolute Gasteiger partial charge is 0.435 e. The molecule has 3 aromatic carbocycles. The molecule has 1 aromatic heterocycles. The van der Waals surface area contributed by atoms with Crippen LogP contribution >= 0.6 is 11.6 Å². The van der Waals surface area contributed by atoms with Crippen LogP contribution in [0.15, 0.2) is 94.4 Å². The van der Waals surface area contributed by atoms with Gasteiger partial charge in [-0.25, -0.2) is 8.42 Å². The monoisotopic (exact) mass is 493 g/mol. The summed E-state index contributed by atoms with van der Waals surface area (Å²) in [4.78, 5) is 6.73. The first-order valence-corrected chi connectivity index (χ1v) is 12.9. The van der Waals surface area contributed by atoms with Crippen LogP contribution in [0.3, 0.4) is 0 Å². The zero-order chi connectivity index (χ0) is 23.5. The maximum absolute atomic E-state index is 13.7. The van der Waals surface area contributed by atoms with E-state index in [4.69, 9.17) is 16.0 Å². The number of oxazole rings is 1. The quantitative estimate of drug-likeness (QED) is 0.371. The predicted molar refractivity (Wildman–Crippen MR) is 133 cm³/mol. The minimum Gasteiger partial charge on any atom is -0.435 e. The summed E-state index contributed by atoms with van der Waals surface area (Å²) in [5, 5.41) is 0.496. The SMILES string of the molecule is O=S(=O)(c1nc(-c2ccccc2)oc1-c1ccc(Cl)cc1)N1CCN(Cc2ccccc2)CC1. The number of piperazine rings is 1. The summed E-state index contributed by atoms with van der Waals surface area (Å²) >= 11 is 6.05. The Kier molecular flexibility index (Phi) is 6.52. The van der Waals surface area contributed by atoms with Crippen LogP contribution in [0.1, 0.15) is 5.56 Å². The van der Waals surface area contributed by atoms with E-state index in [0.29, 0.717) is 42.3 Å². The van der Waals surface area contributed by atoms with Gasteiger partial charge in [-0.15, -0.1) is 0 Å². The highest BCUT2D eigenvalue weighted by atomic mass is 35.5. The molecule has 0 amide bonds. The smallest absolute Gasteiger partial charge is 0.264 e. The molecule has 0 aliphatic carbocycles. The van der Waals surface area contributed by atoms with Gasteiger partial charge < -0.3 is 4.42 Å². The number of rotatable bonds is 6. The number of hydrogen-bond acceptors (Lipinski definition) is 5. The molecule has 0 unspecified atom stereocenters. The van der Waals surface area contributed by atoms with E-state index in [0.717, 1.165) is 6.54 Å². The van der Waals surface area contributed by atoms with Crippen molar-refractivity contribution >= 4 is 21.6 Å². The topological polar surface area (TPSA) is 66.7 Å². The number of nitrogens with zero attached hydrogens (tertiary/aromatic N) is 3. The zero-order valence-corrected chi connectivity index (χ0v) is 20.0. The van der Waals surface area contributed by atoms with E-state index in [1.54, 1.807) is 24.3 Å². The fourth-order valence-electron chi connectivity index (χ4n) is 4.06. The van der Waals surface area contributed by atoms with Crippen molar-refractivity contribution in [1.82, 2.24) is 14.2 Å². The second kappa shape index (κ2) is 9.72. The van der Waals surface area contributed by atoms with Gasteiger partial charge in [-0.1, -0.05) is 60.1 Å². The van der Waals surface area contributed by atoms with Crippen molar-refractivity contribution in [2.45, 2.75) is 11.6 Å². The molecule has 6 nitrogen and oxygen atoms in total. The van der Waals surface area contributed by atoms with E-state index in [1.165, 1.54) is 9.87 Å². The first kappa shape index (κ1) is 22.8. The van der Waals surface area contributed by atoms with E-state index < -0.39 is 10.0 Å². The summed E-state index contributed by atoms with van der Waals surface area (Å²) in [5.74, 6) is 0.495. The van der Waals surface area contributed by atoms with Crippen molar-refractivity contribution in [3.8, 4) is 22.8 Å². The Morgan fingerprint density at radius 2 is 1.41 bits per heavy atom. The molecule has 34 heavy (non-hydrogen) atoms. The molecule has 0 radical (unpaired) electrons. The maximum atomic E-state index is 13.7. The minimum absolute atomic E-state index is 0.0646. The van der Waals surface area contributed by atoms with Crippen molar-refractivity contribution in [1.29, 1.82) is 0 Å². The van der Waals surface area contributed by atoms with Gasteiger partial charge >= 0.3 is 0 Å². The van der Waals surface area contributed by atoms with E-state index in [2.05, 4.69) is 22.0 Å². The van der Waals surface area contributed by atoms with Gasteiger partial charge in [0.2, 0.25) is 10.9 Å². The minimum atomic E-state index is -3.87. The molecule has 1 aliphatic rings. The average Bonchev–Trinajstić information content (AvgIpc) is 3.33. The molecular weight excluding hydrogens is 470 g/mol. The number of halogens is 1. The second-order valence-electron chi connectivity index (χ2n) is 8.19. The van der Waals surface area contributed by atoms with Crippen molar-refractivity contribution in [3.05, 3.63) is 95.5 Å². The third-order valence-electron chi connectivity index (χ3n) is 5.89. The lowest BCUT2D eigenvalue weighted by molar-refractivity contribution is 0.181. The molecule has 1 aliphatic heterocycles. The standard InChI is InChI=1S/C26H24ClN3O3S/c27-23-13-11-21(12-14-23)24-26(28-25(33-24)22-9-5-2-6-10-22)34(31,32)30-17-15-29(16-18-30)19-20-7-3-1-4-8-20/h1-14H,15-19H2. The lowest BCUT2D eigenvalue weighted by atomic mass is 10.2. The predicted octanol–water partition coefficient (Wildman–Crippen LogP) is 5.17. The average molecular weight is 494 g/mol. The van der Waals surface area contributed by atoms with Crippen LogP contribution in [-0.2, 0) is 16.6 Å². The summed E-state index contributed by atoms with van der Waals surface area (Å²) in [5.41, 5.74) is 2.54. The van der Waals surface area contributed by atoms with Crippen LogP contribution in [-0.4, -0.2) is 48.8 Å². The zero-order valence-electron chi connectivity index (χ0n) is 18.5. The van der Waals surface area contributed by atoms with E-state index >= 15 is 0 Å². The lowest BCUT2D eigenvalue weighted by Gasteiger charge is -2.33. The van der Waals surface area contributed by atoms with Crippen LogP contribution in [0.25, 0.3) is 22.8 Å². The fourth-order valence-corrected chi connectivity index (χ4v) is 5.67. The molecule has 4 aromatic rings. The highest BCUT2D eigenvalue weighted by Crippen LogP contribution is 2.34. The molecule has 1 fully saturated rings. The first-order chi connectivity index (χ1) is 16.5. The Balaban J connectivity index is 1.43. The van der Waals surface area contributed by atoms with E-state index in [9.17, 15) is 8.42 Å². The van der Waals surface area contributed by atoms with Gasteiger partial charge in [0.25, 0.3) is 10.0 Å². The summed E-state index contributed by atoms with van der Waals surface area (Å²) in [6.07, 6.45) is 0. The van der Waals surface area contributed by atoms with Crippen LogP contribution in [0, 0.1) is 0 Å². The van der Waals surface area contributed by atoms with Crippen LogP contribution in [0.4, 0.5) is 0 Å². The van der Waals surface area contributed by atoms with Crippen LogP contribution < -0.4 is 0 Å². The van der Waals surface area contributed by atoms with Gasteiger partial charge in [0.05, 0.1) is 0 Å². The summed E-state index contributed by atoms with van der Waals surface area (Å²) in [7, 11) is -3.87. The first-order valence-electron chi connectivity index (χ1n) is 11.1. The number of sulfonamides is 1. The van der Waals surface area contributed by atoms with Gasteiger partial charge in [0.1, 0.15) is 0 Å². The Labute approximate surface area is 204 Å². The van der Waals surface area contributed by atoms with E-state index in [-0.39, 0.29) is 16.7 Å². The number of benzene rings is 3. The summed E-state index contributed by atoms with van der Waals surface area (Å²) in [6.45, 7) is 2.87. The Morgan fingerprint density at radius 3 is 2.06 bits per heavy atom. The summed E-state index contributed by atoms with van der Waals surface area (Å²) < 4.78 is 35.0. The van der Waals surface area contributed by atoms with Gasteiger partial charge in [-0.05, 0) is 42.0 Å². The molecule has 0 bridgehead atoms. The highest BCUT2D eigenvalue weighted by molar-refractivity contribution is 7.89. The number of hydrogen-bond donors (Lipinski definition) is 0. The Morgan fingerprint density at radius 1 is 0.794 bits per heavy atom. The molecule has 8 heteroatoms. The molecule has 0 N–H and O–H groups in total. The van der Waals surface area contributed by atoms with Crippen molar-refractivity contribution in [2.24, 2.45) is 0 Å². The van der Waals surface area contributed by atoms with Gasteiger partial charge in [-0.3, -0.25) is 4.90 Å². The maximum Gasteiger partial charge on any atom is 0.264 e. The molecule has 2 heterocycles. The van der Waals surface area contributed by atoms with Crippen LogP contribution in [0.2, 0.25) is 5.02 Å². The van der Waals surface area contributed by atoms with Crippen molar-refractivity contribution < 1.29 is 12.8 Å². The molecular formula is C26H24ClN3O3S. The van der Waals surface area contributed by atoms with Gasteiger partial charge in [0, 0.05) is 48.9 Å². The Hall–Kier alpha value is -2.97. The van der Waals surface area contributed by atoms with E-state index in [1.807, 2.05) is 48.5 Å². The molecule has 0 atom stereocenters. The third kappa shape index (κ3) is 4.79. The normalized spacial score (nSPS) is 15.4. The van der Waals surface area contributed by atoms with Gasteiger partial charge in [0.15, 0.2) is 5.76 Å². The van der Waals surface area contributed by atoms with Crippen LogP contribution in [0.5, 0.6) is 0 Å². The highest BCUT2D eigenvalue weighted by Gasteiger charge is 2.35. The third-order valence-corrected chi connectivity index (χ3v) is 7.95. The number of aromatic nitrogens is 1. The lowest BCUT2D eigenvalue weighted by Crippen LogP contribution is -2.48.